The summed E-state index contributed by atoms with van der Waals surface area (Å²) in [4.78, 5) is 15.1. The summed E-state index contributed by atoms with van der Waals surface area (Å²) in [5.74, 6) is 0. The lowest BCUT2D eigenvalue weighted by Gasteiger charge is -2.32. The summed E-state index contributed by atoms with van der Waals surface area (Å²) in [7, 11) is -3.31. The van der Waals surface area contributed by atoms with Crippen LogP contribution in [0.4, 0.5) is 10.5 Å². The van der Waals surface area contributed by atoms with Crippen LogP contribution in [0.5, 0.6) is 0 Å². The number of hydrogen-bond acceptors (Lipinski definition) is 5. The predicted molar refractivity (Wildman–Crippen MR) is 138 cm³/mol. The number of ether oxygens (including phenoxy) is 1. The van der Waals surface area contributed by atoms with Crippen LogP contribution in [0.15, 0.2) is 84.9 Å². The molecule has 0 atom stereocenters. The minimum Gasteiger partial charge on any atom is -0.446 e. The number of likely N-dealkylation sites (tertiary alicyclic amines) is 1. The van der Waals surface area contributed by atoms with Gasteiger partial charge in [-0.25, -0.2) is 13.2 Å². The molecule has 3 aromatic rings. The van der Waals surface area contributed by atoms with E-state index in [0.29, 0.717) is 12.2 Å². The Bertz CT molecular complexity index is 1170. The highest BCUT2D eigenvalue weighted by atomic mass is 32.2. The number of hydrogen-bond donors (Lipinski definition) is 2. The van der Waals surface area contributed by atoms with Crippen molar-refractivity contribution >= 4 is 21.8 Å². The van der Waals surface area contributed by atoms with Gasteiger partial charge in [0, 0.05) is 25.3 Å². The molecule has 1 saturated heterocycles. The highest BCUT2D eigenvalue weighted by Gasteiger charge is 2.24. The summed E-state index contributed by atoms with van der Waals surface area (Å²) in [6.07, 6.45) is 2.08. The topological polar surface area (TPSA) is 87.7 Å². The zero-order valence-electron chi connectivity index (χ0n) is 19.8. The lowest BCUT2D eigenvalue weighted by molar-refractivity contribution is 0.0476. The van der Waals surface area contributed by atoms with Crippen molar-refractivity contribution in [2.24, 2.45) is 0 Å². The normalized spacial score (nSPS) is 15.0. The molecule has 1 aliphatic rings. The largest absolute Gasteiger partial charge is 0.446 e. The van der Waals surface area contributed by atoms with E-state index >= 15 is 0 Å². The predicted octanol–water partition coefficient (Wildman–Crippen LogP) is 4.54. The molecule has 7 nitrogen and oxygen atoms in total. The number of anilines is 1. The Hall–Kier alpha value is -3.36. The highest BCUT2D eigenvalue weighted by Crippen LogP contribution is 2.23. The molecule has 1 heterocycles. The third-order valence-electron chi connectivity index (χ3n) is 5.97. The Balaban J connectivity index is 1.30. The first-order valence-corrected chi connectivity index (χ1v) is 13.6. The van der Waals surface area contributed by atoms with E-state index in [1.54, 1.807) is 6.07 Å². The lowest BCUT2D eigenvalue weighted by Crippen LogP contribution is -2.40. The molecular formula is C27H31N3O4S. The summed E-state index contributed by atoms with van der Waals surface area (Å²) in [5, 5.41) is 3.04. The molecule has 8 heteroatoms. The van der Waals surface area contributed by atoms with Crippen LogP contribution in [0.3, 0.4) is 0 Å². The van der Waals surface area contributed by atoms with Gasteiger partial charge in [0.05, 0.1) is 12.3 Å². The number of benzene rings is 3. The van der Waals surface area contributed by atoms with Crippen LogP contribution in [0.2, 0.25) is 0 Å². The number of piperidine rings is 1. The molecule has 1 amide bonds. The van der Waals surface area contributed by atoms with Gasteiger partial charge < -0.3 is 10.1 Å². The number of nitrogens with one attached hydrogen (secondary N) is 2. The SMILES string of the molecule is CS(=O)(=O)Nc1cccc(CN2CCC(OC(=O)NC(c3ccccc3)c3ccccc3)CC2)c1. The molecule has 0 saturated carbocycles. The van der Waals surface area contributed by atoms with Gasteiger partial charge >= 0.3 is 6.09 Å². The third kappa shape index (κ3) is 7.56. The first-order valence-electron chi connectivity index (χ1n) is 11.7. The Kier molecular flexibility index (Phi) is 8.05. The molecule has 2 N–H and O–H groups in total. The van der Waals surface area contributed by atoms with Gasteiger partial charge in [0.2, 0.25) is 10.0 Å². The molecule has 0 unspecified atom stereocenters. The van der Waals surface area contributed by atoms with Crippen molar-refractivity contribution < 1.29 is 17.9 Å². The van der Waals surface area contributed by atoms with E-state index in [4.69, 9.17) is 4.74 Å². The van der Waals surface area contributed by atoms with Crippen molar-refractivity contribution in [3.8, 4) is 0 Å². The van der Waals surface area contributed by atoms with Crippen molar-refractivity contribution in [1.82, 2.24) is 10.2 Å². The van der Waals surface area contributed by atoms with Gasteiger partial charge in [0.1, 0.15) is 6.10 Å². The fraction of sp³-hybridized carbons (Fsp3) is 0.296. The molecular weight excluding hydrogens is 462 g/mol. The van der Waals surface area contributed by atoms with Gasteiger partial charge in [-0.05, 0) is 41.7 Å². The molecule has 0 aromatic heterocycles. The standard InChI is InChI=1S/C27H31N3O4S/c1-35(32,33)29-24-14-8-9-21(19-24)20-30-17-15-25(16-18-30)34-27(31)28-26(22-10-4-2-5-11-22)23-12-6-3-7-13-23/h2-14,19,25-26,29H,15-18,20H2,1H3,(H,28,31). The van der Waals surface area contributed by atoms with Gasteiger partial charge in [0.25, 0.3) is 0 Å². The summed E-state index contributed by atoms with van der Waals surface area (Å²) in [6, 6.07) is 26.9. The molecule has 0 spiro atoms. The summed E-state index contributed by atoms with van der Waals surface area (Å²) >= 11 is 0. The van der Waals surface area contributed by atoms with Crippen LogP contribution < -0.4 is 10.0 Å². The van der Waals surface area contributed by atoms with E-state index in [1.165, 1.54) is 0 Å². The summed E-state index contributed by atoms with van der Waals surface area (Å²) in [5.41, 5.74) is 3.59. The van der Waals surface area contributed by atoms with Crippen LogP contribution in [-0.2, 0) is 21.3 Å². The smallest absolute Gasteiger partial charge is 0.408 e. The molecule has 184 valence electrons. The fourth-order valence-electron chi connectivity index (χ4n) is 4.34. The third-order valence-corrected chi connectivity index (χ3v) is 6.58. The van der Waals surface area contributed by atoms with Crippen LogP contribution in [-0.4, -0.2) is 44.9 Å². The van der Waals surface area contributed by atoms with Gasteiger partial charge in [0.15, 0.2) is 0 Å². The van der Waals surface area contributed by atoms with Gasteiger partial charge in [-0.3, -0.25) is 9.62 Å². The van der Waals surface area contributed by atoms with E-state index in [-0.39, 0.29) is 12.1 Å². The number of carbonyl (C=O) groups excluding carboxylic acids is 1. The molecule has 3 aromatic carbocycles. The molecule has 0 bridgehead atoms. The van der Waals surface area contributed by atoms with E-state index < -0.39 is 16.1 Å². The lowest BCUT2D eigenvalue weighted by atomic mass is 9.99. The van der Waals surface area contributed by atoms with Crippen molar-refractivity contribution in [3.05, 3.63) is 102 Å². The first kappa shape index (κ1) is 24.8. The maximum atomic E-state index is 12.8. The number of rotatable bonds is 8. The fourth-order valence-corrected chi connectivity index (χ4v) is 4.90. The maximum absolute atomic E-state index is 12.8. The number of nitrogens with zero attached hydrogens (tertiary/aromatic N) is 1. The molecule has 35 heavy (non-hydrogen) atoms. The van der Waals surface area contributed by atoms with Crippen molar-refractivity contribution in [2.75, 3.05) is 24.1 Å². The zero-order chi connectivity index (χ0) is 24.7. The number of alkyl carbamates (subject to hydrolysis) is 1. The Morgan fingerprint density at radius 1 is 0.943 bits per heavy atom. The number of amides is 1. The van der Waals surface area contributed by atoms with Crippen LogP contribution in [0.25, 0.3) is 0 Å². The second-order valence-electron chi connectivity index (χ2n) is 8.85. The molecule has 4 rings (SSSR count). The monoisotopic (exact) mass is 493 g/mol. The Morgan fingerprint density at radius 2 is 1.54 bits per heavy atom. The van der Waals surface area contributed by atoms with E-state index in [1.807, 2.05) is 78.9 Å². The van der Waals surface area contributed by atoms with E-state index in [2.05, 4.69) is 14.9 Å². The second kappa shape index (κ2) is 11.4. The molecule has 0 radical (unpaired) electrons. The average molecular weight is 494 g/mol. The number of carbonyl (C=O) groups is 1. The van der Waals surface area contributed by atoms with Crippen molar-refractivity contribution in [2.45, 2.75) is 31.5 Å². The molecule has 1 aliphatic heterocycles. The van der Waals surface area contributed by atoms with E-state index in [0.717, 1.165) is 48.9 Å². The van der Waals surface area contributed by atoms with Gasteiger partial charge in [-0.15, -0.1) is 0 Å². The van der Waals surface area contributed by atoms with Crippen LogP contribution in [0, 0.1) is 0 Å². The Morgan fingerprint density at radius 3 is 2.11 bits per heavy atom. The average Bonchev–Trinajstić information content (AvgIpc) is 2.84. The first-order chi connectivity index (χ1) is 16.9. The zero-order valence-corrected chi connectivity index (χ0v) is 20.6. The van der Waals surface area contributed by atoms with Crippen molar-refractivity contribution in [1.29, 1.82) is 0 Å². The summed E-state index contributed by atoms with van der Waals surface area (Å²) < 4.78 is 31.3. The second-order valence-corrected chi connectivity index (χ2v) is 10.6. The van der Waals surface area contributed by atoms with Gasteiger partial charge in [-0.1, -0.05) is 72.8 Å². The number of sulfonamides is 1. The quantitative estimate of drug-likeness (QED) is 0.481. The molecule has 1 fully saturated rings. The summed E-state index contributed by atoms with van der Waals surface area (Å²) in [6.45, 7) is 2.30. The molecule has 0 aliphatic carbocycles. The van der Waals surface area contributed by atoms with Crippen molar-refractivity contribution in [3.63, 3.8) is 0 Å². The minimum atomic E-state index is -3.31. The highest BCUT2D eigenvalue weighted by molar-refractivity contribution is 7.92. The minimum absolute atomic E-state index is 0.142. The van der Waals surface area contributed by atoms with Crippen LogP contribution in [0.1, 0.15) is 35.6 Å². The van der Waals surface area contributed by atoms with Gasteiger partial charge in [-0.2, -0.15) is 0 Å². The van der Waals surface area contributed by atoms with E-state index in [9.17, 15) is 13.2 Å². The Labute approximate surface area is 207 Å². The van der Waals surface area contributed by atoms with Crippen LogP contribution >= 0.6 is 0 Å². The maximum Gasteiger partial charge on any atom is 0.408 e.